The van der Waals surface area contributed by atoms with E-state index in [1.807, 2.05) is 0 Å². The summed E-state index contributed by atoms with van der Waals surface area (Å²) >= 11 is 0. The molecule has 0 aromatic heterocycles. The fraction of sp³-hybridized carbons (Fsp3) is 0.333. The Balaban J connectivity index is 1.55. The SMILES string of the molecule is O=C(Nc1cccc(C(F)(F)F)c1)c1ccc(OCC(=O)N2CCCCC2)cc1. The van der Waals surface area contributed by atoms with Crippen LogP contribution in [0.3, 0.4) is 0 Å². The first-order valence-electron chi connectivity index (χ1n) is 9.32. The number of carbonyl (C=O) groups excluding carboxylic acids is 2. The van der Waals surface area contributed by atoms with Crippen LogP contribution in [0, 0.1) is 0 Å². The first-order valence-corrected chi connectivity index (χ1v) is 9.32. The first kappa shape index (κ1) is 20.7. The maximum Gasteiger partial charge on any atom is 0.416 e. The molecule has 0 bridgehead atoms. The van der Waals surface area contributed by atoms with Crippen LogP contribution in [0.5, 0.6) is 5.75 Å². The number of hydrogen-bond donors (Lipinski definition) is 1. The van der Waals surface area contributed by atoms with Gasteiger partial charge in [0.25, 0.3) is 11.8 Å². The predicted molar refractivity (Wildman–Crippen MR) is 102 cm³/mol. The zero-order chi connectivity index (χ0) is 20.9. The highest BCUT2D eigenvalue weighted by molar-refractivity contribution is 6.04. The van der Waals surface area contributed by atoms with E-state index in [1.54, 1.807) is 17.0 Å². The lowest BCUT2D eigenvalue weighted by molar-refractivity contribution is -0.137. The van der Waals surface area contributed by atoms with E-state index in [0.29, 0.717) is 5.75 Å². The number of nitrogens with zero attached hydrogens (tertiary/aromatic N) is 1. The lowest BCUT2D eigenvalue weighted by atomic mass is 10.1. The summed E-state index contributed by atoms with van der Waals surface area (Å²) in [6, 6.07) is 10.5. The van der Waals surface area contributed by atoms with Gasteiger partial charge in [0.1, 0.15) is 5.75 Å². The third kappa shape index (κ3) is 5.73. The van der Waals surface area contributed by atoms with Gasteiger partial charge in [-0.25, -0.2) is 0 Å². The minimum absolute atomic E-state index is 0.0530. The van der Waals surface area contributed by atoms with Gasteiger partial charge in [-0.15, -0.1) is 0 Å². The van der Waals surface area contributed by atoms with Crippen LogP contribution in [0.4, 0.5) is 18.9 Å². The number of ether oxygens (including phenoxy) is 1. The number of hydrogen-bond acceptors (Lipinski definition) is 3. The summed E-state index contributed by atoms with van der Waals surface area (Å²) in [5.41, 5.74) is -0.521. The second-order valence-corrected chi connectivity index (χ2v) is 6.79. The molecule has 5 nitrogen and oxygen atoms in total. The Bertz CT molecular complexity index is 860. The number of halogens is 3. The van der Waals surface area contributed by atoms with Crippen LogP contribution < -0.4 is 10.1 Å². The van der Waals surface area contributed by atoms with Gasteiger partial charge in [0.15, 0.2) is 6.61 Å². The molecule has 8 heteroatoms. The van der Waals surface area contributed by atoms with Crippen LogP contribution in [0.1, 0.15) is 35.2 Å². The van der Waals surface area contributed by atoms with E-state index in [0.717, 1.165) is 44.5 Å². The second-order valence-electron chi connectivity index (χ2n) is 6.79. The second kappa shape index (κ2) is 8.98. The summed E-state index contributed by atoms with van der Waals surface area (Å²) < 4.78 is 43.8. The van der Waals surface area contributed by atoms with Gasteiger partial charge in [0, 0.05) is 24.3 Å². The van der Waals surface area contributed by atoms with E-state index in [9.17, 15) is 22.8 Å². The molecule has 0 atom stereocenters. The lowest BCUT2D eigenvalue weighted by Gasteiger charge is -2.26. The normalized spacial score (nSPS) is 14.4. The highest BCUT2D eigenvalue weighted by atomic mass is 19.4. The molecule has 29 heavy (non-hydrogen) atoms. The number of carbonyl (C=O) groups is 2. The summed E-state index contributed by atoms with van der Waals surface area (Å²) in [5.74, 6) is -0.178. The number of anilines is 1. The molecule has 1 heterocycles. The molecule has 2 aromatic rings. The van der Waals surface area contributed by atoms with Crippen LogP contribution in [-0.4, -0.2) is 36.4 Å². The quantitative estimate of drug-likeness (QED) is 0.803. The summed E-state index contributed by atoms with van der Waals surface area (Å²) in [6.45, 7) is 1.42. The van der Waals surface area contributed by atoms with Gasteiger partial charge in [0.05, 0.1) is 5.56 Å². The molecule has 0 aliphatic carbocycles. The van der Waals surface area contributed by atoms with Crippen LogP contribution in [0.15, 0.2) is 48.5 Å². The van der Waals surface area contributed by atoms with Gasteiger partial charge in [0.2, 0.25) is 0 Å². The van der Waals surface area contributed by atoms with Crippen LogP contribution in [0.25, 0.3) is 0 Å². The van der Waals surface area contributed by atoms with Gasteiger partial charge in [-0.3, -0.25) is 9.59 Å². The molecular formula is C21H21F3N2O3. The highest BCUT2D eigenvalue weighted by Gasteiger charge is 2.30. The Morgan fingerprint density at radius 2 is 1.69 bits per heavy atom. The van der Waals surface area contributed by atoms with Gasteiger partial charge >= 0.3 is 6.18 Å². The fourth-order valence-electron chi connectivity index (χ4n) is 3.06. The van der Waals surface area contributed by atoms with Crippen molar-refractivity contribution in [1.29, 1.82) is 0 Å². The smallest absolute Gasteiger partial charge is 0.416 e. The minimum atomic E-state index is -4.48. The number of likely N-dealkylation sites (tertiary alicyclic amines) is 1. The molecule has 2 aromatic carbocycles. The van der Waals surface area contributed by atoms with Crippen molar-refractivity contribution in [3.05, 3.63) is 59.7 Å². The number of amides is 2. The number of piperidine rings is 1. The molecule has 0 spiro atoms. The Morgan fingerprint density at radius 1 is 1.00 bits per heavy atom. The Kier molecular flexibility index (Phi) is 6.41. The molecule has 1 fully saturated rings. The third-order valence-electron chi connectivity index (χ3n) is 4.64. The molecule has 1 saturated heterocycles. The molecule has 0 saturated carbocycles. The molecule has 1 N–H and O–H groups in total. The lowest BCUT2D eigenvalue weighted by Crippen LogP contribution is -2.38. The summed E-state index contributed by atoms with van der Waals surface area (Å²) in [7, 11) is 0. The van der Waals surface area contributed by atoms with E-state index in [1.165, 1.54) is 24.3 Å². The number of alkyl halides is 3. The average Bonchev–Trinajstić information content (AvgIpc) is 2.72. The topological polar surface area (TPSA) is 58.6 Å². The molecule has 1 aliphatic rings. The number of nitrogens with one attached hydrogen (secondary N) is 1. The maximum atomic E-state index is 12.8. The molecule has 0 unspecified atom stereocenters. The monoisotopic (exact) mass is 406 g/mol. The van der Waals surface area contributed by atoms with Gasteiger partial charge in [-0.05, 0) is 61.7 Å². The van der Waals surface area contributed by atoms with Gasteiger partial charge < -0.3 is 15.0 Å². The van der Waals surface area contributed by atoms with Crippen LogP contribution in [0.2, 0.25) is 0 Å². The van der Waals surface area contributed by atoms with Crippen molar-refractivity contribution in [3.8, 4) is 5.75 Å². The van der Waals surface area contributed by atoms with Crippen molar-refractivity contribution in [3.63, 3.8) is 0 Å². The molecule has 3 rings (SSSR count). The Labute approximate surface area is 166 Å². The summed E-state index contributed by atoms with van der Waals surface area (Å²) in [4.78, 5) is 26.1. The van der Waals surface area contributed by atoms with Crippen LogP contribution >= 0.6 is 0 Å². The summed E-state index contributed by atoms with van der Waals surface area (Å²) in [6.07, 6.45) is -1.34. The minimum Gasteiger partial charge on any atom is -0.484 e. The fourth-order valence-corrected chi connectivity index (χ4v) is 3.06. The molecule has 0 radical (unpaired) electrons. The van der Waals surface area contributed by atoms with Crippen molar-refractivity contribution in [2.75, 3.05) is 25.0 Å². The van der Waals surface area contributed by atoms with E-state index in [-0.39, 0.29) is 23.8 Å². The van der Waals surface area contributed by atoms with E-state index in [4.69, 9.17) is 4.74 Å². The Hall–Kier alpha value is -3.03. The number of rotatable bonds is 5. The average molecular weight is 406 g/mol. The van der Waals surface area contributed by atoms with Crippen molar-refractivity contribution in [1.82, 2.24) is 4.90 Å². The van der Waals surface area contributed by atoms with Crippen LogP contribution in [-0.2, 0) is 11.0 Å². The zero-order valence-corrected chi connectivity index (χ0v) is 15.7. The highest BCUT2D eigenvalue weighted by Crippen LogP contribution is 2.30. The predicted octanol–water partition coefficient (Wildman–Crippen LogP) is 4.35. The van der Waals surface area contributed by atoms with Crippen molar-refractivity contribution >= 4 is 17.5 Å². The molecular weight excluding hydrogens is 385 g/mol. The van der Waals surface area contributed by atoms with Gasteiger partial charge in [-0.2, -0.15) is 13.2 Å². The third-order valence-corrected chi connectivity index (χ3v) is 4.64. The molecule has 154 valence electrons. The van der Waals surface area contributed by atoms with Crippen molar-refractivity contribution < 1.29 is 27.5 Å². The van der Waals surface area contributed by atoms with E-state index < -0.39 is 17.6 Å². The van der Waals surface area contributed by atoms with E-state index in [2.05, 4.69) is 5.32 Å². The zero-order valence-electron chi connectivity index (χ0n) is 15.7. The Morgan fingerprint density at radius 3 is 2.34 bits per heavy atom. The largest absolute Gasteiger partial charge is 0.484 e. The first-order chi connectivity index (χ1) is 13.8. The van der Waals surface area contributed by atoms with Gasteiger partial charge in [-0.1, -0.05) is 6.07 Å². The summed E-state index contributed by atoms with van der Waals surface area (Å²) in [5, 5.41) is 2.44. The van der Waals surface area contributed by atoms with Crippen molar-refractivity contribution in [2.45, 2.75) is 25.4 Å². The maximum absolute atomic E-state index is 12.8. The number of benzene rings is 2. The van der Waals surface area contributed by atoms with Crippen molar-refractivity contribution in [2.24, 2.45) is 0 Å². The molecule has 1 aliphatic heterocycles. The van der Waals surface area contributed by atoms with E-state index >= 15 is 0 Å². The standard InChI is InChI=1S/C21H21F3N2O3/c22-21(23,24)16-5-4-6-17(13-16)25-20(28)15-7-9-18(10-8-15)29-14-19(27)26-11-2-1-3-12-26/h4-10,13H,1-3,11-12,14H2,(H,25,28). The molecule has 2 amide bonds.